The largest absolute Gasteiger partial charge is 0.454 e. The molecule has 0 fully saturated rings. The van der Waals surface area contributed by atoms with Crippen LogP contribution in [0.1, 0.15) is 26.3 Å². The Hall–Kier alpha value is -0.930. The van der Waals surface area contributed by atoms with Gasteiger partial charge in [0, 0.05) is 23.2 Å². The molecule has 1 N–H and O–H groups in total. The lowest BCUT2D eigenvalue weighted by Gasteiger charge is -2.21. The van der Waals surface area contributed by atoms with Crippen molar-refractivity contribution >= 4 is 11.6 Å². The third-order valence-electron chi connectivity index (χ3n) is 2.35. The quantitative estimate of drug-likeness (QED) is 0.864. The minimum absolute atomic E-state index is 0.0691. The summed E-state index contributed by atoms with van der Waals surface area (Å²) < 4.78 is 10.6. The van der Waals surface area contributed by atoms with Gasteiger partial charge in [-0.15, -0.1) is 0 Å². The summed E-state index contributed by atoms with van der Waals surface area (Å²) in [5.74, 6) is 1.50. The zero-order valence-electron chi connectivity index (χ0n) is 9.76. The zero-order chi connectivity index (χ0) is 11.8. The Kier molecular flexibility index (Phi) is 3.00. The van der Waals surface area contributed by atoms with E-state index in [2.05, 4.69) is 26.1 Å². The molecule has 2 rings (SSSR count). The zero-order valence-corrected chi connectivity index (χ0v) is 10.5. The average Bonchev–Trinajstić information content (AvgIpc) is 2.59. The molecule has 1 heterocycles. The smallest absolute Gasteiger partial charge is 0.231 e. The van der Waals surface area contributed by atoms with Crippen LogP contribution in [-0.2, 0) is 6.54 Å². The van der Waals surface area contributed by atoms with Gasteiger partial charge in [0.1, 0.15) is 0 Å². The Balaban J connectivity index is 2.16. The number of nitrogens with one attached hydrogen (secondary N) is 1. The van der Waals surface area contributed by atoms with Gasteiger partial charge >= 0.3 is 0 Å². The summed E-state index contributed by atoms with van der Waals surface area (Å²) in [6.45, 7) is 7.36. The first-order chi connectivity index (χ1) is 7.46. The van der Waals surface area contributed by atoms with Crippen molar-refractivity contribution in [2.45, 2.75) is 32.9 Å². The number of hydrogen-bond acceptors (Lipinski definition) is 3. The summed E-state index contributed by atoms with van der Waals surface area (Å²) in [7, 11) is 0. The van der Waals surface area contributed by atoms with Crippen LogP contribution in [0.25, 0.3) is 0 Å². The van der Waals surface area contributed by atoms with Crippen molar-refractivity contribution in [3.63, 3.8) is 0 Å². The van der Waals surface area contributed by atoms with Gasteiger partial charge in [-0.2, -0.15) is 0 Å². The topological polar surface area (TPSA) is 30.5 Å². The fraction of sp³-hybridized carbons (Fsp3) is 0.500. The molecule has 0 atom stereocenters. The third-order valence-corrected chi connectivity index (χ3v) is 2.70. The van der Waals surface area contributed by atoms with Gasteiger partial charge in [-0.05, 0) is 32.4 Å². The lowest BCUT2D eigenvalue weighted by atomic mass is 10.1. The number of ether oxygens (including phenoxy) is 2. The lowest BCUT2D eigenvalue weighted by molar-refractivity contribution is 0.174. The summed E-state index contributed by atoms with van der Waals surface area (Å²) in [6.07, 6.45) is 0. The molecule has 0 aliphatic carbocycles. The molecule has 1 aliphatic heterocycles. The molecular weight excluding hydrogens is 226 g/mol. The summed E-state index contributed by atoms with van der Waals surface area (Å²) >= 11 is 6.16. The first-order valence-corrected chi connectivity index (χ1v) is 5.66. The standard InChI is InChI=1S/C12H16ClNO2/c1-12(2,3)14-6-8-4-10-11(5-9(8)13)16-7-15-10/h4-5,14H,6-7H2,1-3H3. The minimum Gasteiger partial charge on any atom is -0.454 e. The van der Waals surface area contributed by atoms with Crippen LogP contribution in [0.2, 0.25) is 5.02 Å². The molecule has 3 nitrogen and oxygen atoms in total. The molecule has 0 radical (unpaired) electrons. The van der Waals surface area contributed by atoms with Crippen molar-refractivity contribution in [2.75, 3.05) is 6.79 Å². The number of benzene rings is 1. The summed E-state index contributed by atoms with van der Waals surface area (Å²) in [6, 6.07) is 3.74. The molecular formula is C12H16ClNO2. The second-order valence-corrected chi connectivity index (χ2v) is 5.31. The molecule has 4 heteroatoms. The van der Waals surface area contributed by atoms with Gasteiger partial charge in [-0.25, -0.2) is 0 Å². The minimum atomic E-state index is 0.0691. The molecule has 1 aliphatic rings. The van der Waals surface area contributed by atoms with Crippen molar-refractivity contribution in [1.29, 1.82) is 0 Å². The van der Waals surface area contributed by atoms with Crippen molar-refractivity contribution in [3.8, 4) is 11.5 Å². The monoisotopic (exact) mass is 241 g/mol. The van der Waals surface area contributed by atoms with Crippen LogP contribution in [0.15, 0.2) is 12.1 Å². The molecule has 0 saturated carbocycles. The predicted octanol–water partition coefficient (Wildman–Crippen LogP) is 2.96. The van der Waals surface area contributed by atoms with Gasteiger partial charge in [-0.3, -0.25) is 0 Å². The Labute approximate surface area is 101 Å². The van der Waals surface area contributed by atoms with Crippen molar-refractivity contribution < 1.29 is 9.47 Å². The molecule has 1 aromatic rings. The molecule has 0 amide bonds. The Morgan fingerprint density at radius 3 is 2.50 bits per heavy atom. The van der Waals surface area contributed by atoms with E-state index in [-0.39, 0.29) is 12.3 Å². The number of rotatable bonds is 2. The summed E-state index contributed by atoms with van der Waals surface area (Å²) in [5, 5.41) is 4.10. The molecule has 0 aromatic heterocycles. The maximum Gasteiger partial charge on any atom is 0.231 e. The van der Waals surface area contributed by atoms with E-state index in [1.807, 2.05) is 12.1 Å². The maximum atomic E-state index is 6.16. The molecule has 0 bridgehead atoms. The van der Waals surface area contributed by atoms with E-state index in [0.717, 1.165) is 23.6 Å². The molecule has 0 unspecified atom stereocenters. The molecule has 0 spiro atoms. The van der Waals surface area contributed by atoms with Crippen LogP contribution in [-0.4, -0.2) is 12.3 Å². The molecule has 1 aromatic carbocycles. The van der Waals surface area contributed by atoms with E-state index < -0.39 is 0 Å². The van der Waals surface area contributed by atoms with Gasteiger partial charge in [0.25, 0.3) is 0 Å². The Morgan fingerprint density at radius 2 is 1.88 bits per heavy atom. The lowest BCUT2D eigenvalue weighted by Crippen LogP contribution is -2.35. The number of fused-ring (bicyclic) bond motifs is 1. The predicted molar refractivity (Wildman–Crippen MR) is 64.2 cm³/mol. The summed E-state index contributed by atoms with van der Waals surface area (Å²) in [5.41, 5.74) is 1.10. The van der Waals surface area contributed by atoms with E-state index in [9.17, 15) is 0 Å². The van der Waals surface area contributed by atoms with E-state index in [4.69, 9.17) is 21.1 Å². The van der Waals surface area contributed by atoms with Gasteiger partial charge in [-0.1, -0.05) is 11.6 Å². The van der Waals surface area contributed by atoms with Crippen LogP contribution in [0, 0.1) is 0 Å². The maximum absolute atomic E-state index is 6.16. The molecule has 88 valence electrons. The van der Waals surface area contributed by atoms with Gasteiger partial charge in [0.15, 0.2) is 11.5 Å². The Morgan fingerprint density at radius 1 is 1.25 bits per heavy atom. The highest BCUT2D eigenvalue weighted by Gasteiger charge is 2.17. The first-order valence-electron chi connectivity index (χ1n) is 5.29. The highest BCUT2D eigenvalue weighted by molar-refractivity contribution is 6.31. The van der Waals surface area contributed by atoms with E-state index in [1.54, 1.807) is 0 Å². The fourth-order valence-electron chi connectivity index (χ4n) is 1.46. The highest BCUT2D eigenvalue weighted by Crippen LogP contribution is 2.36. The fourth-order valence-corrected chi connectivity index (χ4v) is 1.68. The van der Waals surface area contributed by atoms with Crippen LogP contribution in [0.4, 0.5) is 0 Å². The van der Waals surface area contributed by atoms with Crippen LogP contribution < -0.4 is 14.8 Å². The van der Waals surface area contributed by atoms with Gasteiger partial charge in [0.05, 0.1) is 0 Å². The Bertz CT molecular complexity index is 399. The molecule has 16 heavy (non-hydrogen) atoms. The highest BCUT2D eigenvalue weighted by atomic mass is 35.5. The normalized spacial score (nSPS) is 14.2. The van der Waals surface area contributed by atoms with Crippen LogP contribution in [0.5, 0.6) is 11.5 Å². The number of hydrogen-bond donors (Lipinski definition) is 1. The second kappa shape index (κ2) is 4.15. The van der Waals surface area contributed by atoms with Crippen LogP contribution in [0.3, 0.4) is 0 Å². The SMILES string of the molecule is CC(C)(C)NCc1cc2c(cc1Cl)OCO2. The average molecular weight is 242 g/mol. The van der Waals surface area contributed by atoms with Crippen molar-refractivity contribution in [1.82, 2.24) is 5.32 Å². The van der Waals surface area contributed by atoms with E-state index in [1.165, 1.54) is 0 Å². The van der Waals surface area contributed by atoms with Gasteiger partial charge < -0.3 is 14.8 Å². The number of halogens is 1. The second-order valence-electron chi connectivity index (χ2n) is 4.90. The first kappa shape index (κ1) is 11.6. The van der Waals surface area contributed by atoms with Crippen molar-refractivity contribution in [3.05, 3.63) is 22.7 Å². The van der Waals surface area contributed by atoms with Crippen molar-refractivity contribution in [2.24, 2.45) is 0 Å². The molecule has 0 saturated heterocycles. The third kappa shape index (κ3) is 2.60. The van der Waals surface area contributed by atoms with E-state index >= 15 is 0 Å². The van der Waals surface area contributed by atoms with E-state index in [0.29, 0.717) is 5.02 Å². The van der Waals surface area contributed by atoms with Gasteiger partial charge in [0.2, 0.25) is 6.79 Å². The summed E-state index contributed by atoms with van der Waals surface area (Å²) in [4.78, 5) is 0. The van der Waals surface area contributed by atoms with Crippen LogP contribution >= 0.6 is 11.6 Å².